The second-order valence-electron chi connectivity index (χ2n) is 3.19. The summed E-state index contributed by atoms with van der Waals surface area (Å²) in [6.45, 7) is -0.0328. The van der Waals surface area contributed by atoms with Crippen LogP contribution in [0.2, 0.25) is 5.02 Å². The average molecular weight is 261 g/mol. The maximum absolute atomic E-state index is 10.8. The van der Waals surface area contributed by atoms with Crippen LogP contribution in [0.15, 0.2) is 12.1 Å². The van der Waals surface area contributed by atoms with Gasteiger partial charge in [0.1, 0.15) is 0 Å². The van der Waals surface area contributed by atoms with Crippen molar-refractivity contribution >= 4 is 23.0 Å². The van der Waals surface area contributed by atoms with Crippen LogP contribution in [0.1, 0.15) is 11.6 Å². The lowest BCUT2D eigenvalue weighted by atomic mass is 10.0. The molecule has 92 valence electrons. The molecule has 0 aromatic heterocycles. The molecule has 1 rings (SSSR count). The van der Waals surface area contributed by atoms with Crippen LogP contribution in [0.3, 0.4) is 0 Å². The lowest BCUT2D eigenvalue weighted by Gasteiger charge is -2.10. The molecular weight excluding hydrogens is 252 g/mol. The van der Waals surface area contributed by atoms with Gasteiger partial charge < -0.3 is 11.5 Å². The van der Waals surface area contributed by atoms with Crippen LogP contribution in [0.25, 0.3) is 0 Å². The Hall–Kier alpha value is -1.77. The Morgan fingerprint density at radius 3 is 2.29 bits per heavy atom. The van der Waals surface area contributed by atoms with Crippen LogP contribution < -0.4 is 11.5 Å². The molecule has 0 spiro atoms. The standard InChI is InChI=1S/C8H9ClN4O4/c9-7-6(12(14)15)2-1-4(5(11)3-10)8(7)13(16)17/h1-2,5H,3,10-11H2. The Kier molecular flexibility index (Phi) is 3.94. The summed E-state index contributed by atoms with van der Waals surface area (Å²) in [4.78, 5) is 19.8. The molecule has 0 bridgehead atoms. The summed E-state index contributed by atoms with van der Waals surface area (Å²) in [7, 11) is 0. The van der Waals surface area contributed by atoms with Gasteiger partial charge in [-0.25, -0.2) is 0 Å². The molecule has 0 amide bonds. The van der Waals surface area contributed by atoms with E-state index in [1.807, 2.05) is 0 Å². The van der Waals surface area contributed by atoms with Gasteiger partial charge in [-0.1, -0.05) is 11.6 Å². The predicted molar refractivity (Wildman–Crippen MR) is 60.7 cm³/mol. The number of hydrogen-bond donors (Lipinski definition) is 2. The summed E-state index contributed by atoms with van der Waals surface area (Å²) in [5, 5.41) is 20.9. The van der Waals surface area contributed by atoms with Gasteiger partial charge in [0.25, 0.3) is 11.4 Å². The highest BCUT2D eigenvalue weighted by molar-refractivity contribution is 6.34. The summed E-state index contributed by atoms with van der Waals surface area (Å²) in [5.74, 6) is 0. The van der Waals surface area contributed by atoms with Crippen LogP contribution >= 0.6 is 11.6 Å². The lowest BCUT2D eigenvalue weighted by Crippen LogP contribution is -2.22. The summed E-state index contributed by atoms with van der Waals surface area (Å²) in [6.07, 6.45) is 0. The molecule has 0 aliphatic rings. The van der Waals surface area contributed by atoms with E-state index in [0.29, 0.717) is 0 Å². The van der Waals surface area contributed by atoms with Crippen LogP contribution in [0.5, 0.6) is 0 Å². The number of nitro benzene ring substituents is 2. The van der Waals surface area contributed by atoms with Gasteiger partial charge in [0.15, 0.2) is 5.02 Å². The molecule has 1 aromatic rings. The summed E-state index contributed by atoms with van der Waals surface area (Å²) < 4.78 is 0. The van der Waals surface area contributed by atoms with E-state index in [2.05, 4.69) is 0 Å². The van der Waals surface area contributed by atoms with E-state index in [-0.39, 0.29) is 12.1 Å². The molecule has 0 saturated carbocycles. The molecule has 9 heteroatoms. The first-order chi connectivity index (χ1) is 7.90. The number of nitrogens with zero attached hydrogens (tertiary/aromatic N) is 2. The SMILES string of the molecule is NCC(N)c1ccc([N+](=O)[O-])c(Cl)c1[N+](=O)[O-]. The topological polar surface area (TPSA) is 138 Å². The lowest BCUT2D eigenvalue weighted by molar-refractivity contribution is -0.394. The first kappa shape index (κ1) is 13.3. The predicted octanol–water partition coefficient (Wildman–Crippen LogP) is 1.11. The highest BCUT2D eigenvalue weighted by Crippen LogP contribution is 2.38. The molecule has 0 fully saturated rings. The van der Waals surface area contributed by atoms with Crippen molar-refractivity contribution in [2.45, 2.75) is 6.04 Å². The van der Waals surface area contributed by atoms with Gasteiger partial charge in [-0.05, 0) is 6.07 Å². The Morgan fingerprint density at radius 2 is 1.88 bits per heavy atom. The van der Waals surface area contributed by atoms with Crippen LogP contribution in [0.4, 0.5) is 11.4 Å². The molecule has 0 radical (unpaired) electrons. The maximum atomic E-state index is 10.8. The van der Waals surface area contributed by atoms with Gasteiger partial charge in [-0.2, -0.15) is 0 Å². The van der Waals surface area contributed by atoms with Crippen molar-refractivity contribution in [3.63, 3.8) is 0 Å². The molecule has 17 heavy (non-hydrogen) atoms. The molecule has 0 aliphatic heterocycles. The fourth-order valence-corrected chi connectivity index (χ4v) is 1.63. The fourth-order valence-electron chi connectivity index (χ4n) is 1.32. The van der Waals surface area contributed by atoms with E-state index in [1.165, 1.54) is 6.07 Å². The first-order valence-corrected chi connectivity index (χ1v) is 4.84. The Morgan fingerprint density at radius 1 is 1.29 bits per heavy atom. The smallest absolute Gasteiger partial charge is 0.299 e. The quantitative estimate of drug-likeness (QED) is 0.614. The Bertz CT molecular complexity index is 479. The number of halogens is 1. The number of nitrogens with two attached hydrogens (primary N) is 2. The number of benzene rings is 1. The van der Waals surface area contributed by atoms with E-state index >= 15 is 0 Å². The monoisotopic (exact) mass is 260 g/mol. The normalized spacial score (nSPS) is 12.2. The third-order valence-corrected chi connectivity index (χ3v) is 2.53. The molecule has 8 nitrogen and oxygen atoms in total. The van der Waals surface area contributed by atoms with E-state index in [1.54, 1.807) is 0 Å². The minimum atomic E-state index is -0.805. The number of nitro groups is 2. The van der Waals surface area contributed by atoms with Crippen LogP contribution in [-0.2, 0) is 0 Å². The highest BCUT2D eigenvalue weighted by Gasteiger charge is 2.29. The molecule has 4 N–H and O–H groups in total. The molecule has 0 aliphatic carbocycles. The van der Waals surface area contributed by atoms with Gasteiger partial charge in [-0.3, -0.25) is 20.2 Å². The van der Waals surface area contributed by atoms with Gasteiger partial charge in [0.05, 0.1) is 9.85 Å². The van der Waals surface area contributed by atoms with Crippen molar-refractivity contribution < 1.29 is 9.85 Å². The van der Waals surface area contributed by atoms with Crippen molar-refractivity contribution in [1.29, 1.82) is 0 Å². The highest BCUT2D eigenvalue weighted by atomic mass is 35.5. The second kappa shape index (κ2) is 5.04. The third kappa shape index (κ3) is 2.49. The Labute approximate surface area is 100 Å². The van der Waals surface area contributed by atoms with E-state index in [9.17, 15) is 20.2 Å². The van der Waals surface area contributed by atoms with Gasteiger partial charge in [-0.15, -0.1) is 0 Å². The van der Waals surface area contributed by atoms with Crippen LogP contribution in [-0.4, -0.2) is 16.4 Å². The molecule has 0 saturated heterocycles. The molecular formula is C8H9ClN4O4. The van der Waals surface area contributed by atoms with Crippen LogP contribution in [0, 0.1) is 20.2 Å². The average Bonchev–Trinajstić information content (AvgIpc) is 2.26. The number of hydrogen-bond acceptors (Lipinski definition) is 6. The minimum Gasteiger partial charge on any atom is -0.329 e. The molecule has 0 heterocycles. The summed E-state index contributed by atoms with van der Waals surface area (Å²) in [6, 6.07) is 1.47. The zero-order valence-corrected chi connectivity index (χ0v) is 9.26. The fraction of sp³-hybridized carbons (Fsp3) is 0.250. The summed E-state index contributed by atoms with van der Waals surface area (Å²) >= 11 is 5.63. The van der Waals surface area contributed by atoms with Crippen molar-refractivity contribution in [2.75, 3.05) is 6.54 Å². The Balaban J connectivity index is 3.50. The third-order valence-electron chi connectivity index (χ3n) is 2.16. The van der Waals surface area contributed by atoms with E-state index < -0.39 is 32.3 Å². The van der Waals surface area contributed by atoms with E-state index in [4.69, 9.17) is 23.1 Å². The largest absolute Gasteiger partial charge is 0.329 e. The van der Waals surface area contributed by atoms with Crippen molar-refractivity contribution in [1.82, 2.24) is 0 Å². The van der Waals surface area contributed by atoms with Gasteiger partial charge in [0.2, 0.25) is 0 Å². The maximum Gasteiger partial charge on any atom is 0.299 e. The van der Waals surface area contributed by atoms with Crippen molar-refractivity contribution in [3.8, 4) is 0 Å². The summed E-state index contributed by atoms with van der Waals surface area (Å²) in [5.41, 5.74) is 9.84. The zero-order chi connectivity index (χ0) is 13.2. The molecule has 1 atom stereocenters. The number of rotatable bonds is 4. The van der Waals surface area contributed by atoms with E-state index in [0.717, 1.165) is 6.07 Å². The van der Waals surface area contributed by atoms with Gasteiger partial charge >= 0.3 is 0 Å². The second-order valence-corrected chi connectivity index (χ2v) is 3.57. The van der Waals surface area contributed by atoms with Crippen molar-refractivity contribution in [2.24, 2.45) is 11.5 Å². The zero-order valence-electron chi connectivity index (χ0n) is 8.50. The minimum absolute atomic E-state index is 0.0328. The molecule has 1 aromatic carbocycles. The first-order valence-electron chi connectivity index (χ1n) is 4.47. The van der Waals surface area contributed by atoms with Gasteiger partial charge in [0, 0.05) is 24.2 Å². The molecule has 1 unspecified atom stereocenters. The van der Waals surface area contributed by atoms with Crippen molar-refractivity contribution in [3.05, 3.63) is 42.9 Å².